The van der Waals surface area contributed by atoms with Crippen LogP contribution in [0.2, 0.25) is 0 Å². The molecule has 2 N–H and O–H groups in total. The Morgan fingerprint density at radius 2 is 1.32 bits per heavy atom. The number of nitrogens with zero attached hydrogens (tertiary/aromatic N) is 1. The number of methoxy groups -OCH3 is 1. The van der Waals surface area contributed by atoms with Gasteiger partial charge in [0.25, 0.3) is 0 Å². The average Bonchev–Trinajstić information content (AvgIpc) is 3.45. The van der Waals surface area contributed by atoms with Crippen molar-refractivity contribution < 1.29 is 4.74 Å². The molecule has 0 radical (unpaired) electrons. The summed E-state index contributed by atoms with van der Waals surface area (Å²) in [7, 11) is 1.69. The van der Waals surface area contributed by atoms with E-state index in [1.54, 1.807) is 7.11 Å². The molecule has 0 amide bonds. The molecular formula is C37H57N3O. The average molecular weight is 560 g/mol. The number of hydrogen-bond acceptors (Lipinski definition) is 4. The van der Waals surface area contributed by atoms with Gasteiger partial charge in [0.2, 0.25) is 0 Å². The van der Waals surface area contributed by atoms with Crippen molar-refractivity contribution >= 4 is 11.4 Å². The highest BCUT2D eigenvalue weighted by molar-refractivity contribution is 5.53. The van der Waals surface area contributed by atoms with Gasteiger partial charge in [0.15, 0.2) is 0 Å². The summed E-state index contributed by atoms with van der Waals surface area (Å²) in [6, 6.07) is 29.8. The van der Waals surface area contributed by atoms with Crippen LogP contribution in [0, 0.1) is 0 Å². The highest BCUT2D eigenvalue weighted by Gasteiger charge is 2.14. The summed E-state index contributed by atoms with van der Waals surface area (Å²) in [5, 5.41) is 7.00. The number of benzene rings is 3. The normalized spacial score (nSPS) is 13.1. The van der Waals surface area contributed by atoms with E-state index in [1.165, 1.54) is 48.2 Å². The second-order valence-electron chi connectivity index (χ2n) is 12.2. The Hall–Kier alpha value is -2.98. The summed E-state index contributed by atoms with van der Waals surface area (Å²) in [4.78, 5) is 2.38. The number of hydrogen-bond donors (Lipinski definition) is 2. The standard InChI is InChI=1S/C17H21NO.C12H19N.C8H17N/c1-14(2)18(13-15-7-5-4-6-8-15)16-9-11-17(19-3)12-10-16;1-9(2)11-7-5-6-8-12(11)13-10(3)4;1-7(2)9-8-5-3-4-6-8/h4-12,14H,13H2,1-3H3;5-10,13H,1-4H3;7-9H,3-6H2,1-2H3. The van der Waals surface area contributed by atoms with Crippen molar-refractivity contribution in [3.8, 4) is 5.75 Å². The molecule has 0 bridgehead atoms. The van der Waals surface area contributed by atoms with Crippen LogP contribution in [0.4, 0.5) is 11.4 Å². The Kier molecular flexibility index (Phi) is 15.4. The minimum absolute atomic E-state index is 0.452. The molecule has 0 heterocycles. The first-order valence-corrected chi connectivity index (χ1v) is 15.7. The molecule has 4 rings (SSSR count). The summed E-state index contributed by atoms with van der Waals surface area (Å²) in [5.74, 6) is 1.48. The number of ether oxygens (including phenoxy) is 1. The summed E-state index contributed by atoms with van der Waals surface area (Å²) in [5.41, 5.74) is 5.22. The number of rotatable bonds is 10. The van der Waals surface area contributed by atoms with E-state index in [9.17, 15) is 0 Å². The molecule has 1 fully saturated rings. The first kappa shape index (κ1) is 34.2. The van der Waals surface area contributed by atoms with Gasteiger partial charge in [0.05, 0.1) is 7.11 Å². The van der Waals surface area contributed by atoms with Crippen LogP contribution < -0.4 is 20.3 Å². The Bertz CT molecular complexity index is 1070. The molecule has 4 heteroatoms. The smallest absolute Gasteiger partial charge is 0.119 e. The zero-order valence-electron chi connectivity index (χ0n) is 27.3. The van der Waals surface area contributed by atoms with E-state index in [1.807, 2.05) is 12.1 Å². The van der Waals surface area contributed by atoms with Crippen LogP contribution in [0.15, 0.2) is 78.9 Å². The van der Waals surface area contributed by atoms with Crippen LogP contribution in [0.1, 0.15) is 98.1 Å². The molecular weight excluding hydrogens is 502 g/mol. The first-order chi connectivity index (χ1) is 19.6. The third kappa shape index (κ3) is 13.0. The molecule has 3 aromatic carbocycles. The molecule has 0 unspecified atom stereocenters. The van der Waals surface area contributed by atoms with Crippen LogP contribution in [0.5, 0.6) is 5.75 Å². The van der Waals surface area contributed by atoms with Gasteiger partial charge in [-0.15, -0.1) is 0 Å². The van der Waals surface area contributed by atoms with E-state index < -0.39 is 0 Å². The van der Waals surface area contributed by atoms with E-state index in [0.29, 0.717) is 24.0 Å². The monoisotopic (exact) mass is 559 g/mol. The van der Waals surface area contributed by atoms with Crippen LogP contribution in [0.25, 0.3) is 0 Å². The second kappa shape index (κ2) is 18.5. The topological polar surface area (TPSA) is 36.5 Å². The molecule has 1 aliphatic carbocycles. The lowest BCUT2D eigenvalue weighted by Crippen LogP contribution is -2.32. The zero-order valence-corrected chi connectivity index (χ0v) is 27.3. The fraction of sp³-hybridized carbons (Fsp3) is 0.514. The van der Waals surface area contributed by atoms with Crippen LogP contribution >= 0.6 is 0 Å². The highest BCUT2D eigenvalue weighted by Crippen LogP contribution is 2.25. The highest BCUT2D eigenvalue weighted by atomic mass is 16.5. The first-order valence-electron chi connectivity index (χ1n) is 15.7. The molecule has 3 aromatic rings. The lowest BCUT2D eigenvalue weighted by Gasteiger charge is -2.29. The van der Waals surface area contributed by atoms with Crippen molar-refractivity contribution in [3.05, 3.63) is 90.0 Å². The Morgan fingerprint density at radius 3 is 1.83 bits per heavy atom. The predicted molar refractivity (Wildman–Crippen MR) is 181 cm³/mol. The molecule has 0 atom stereocenters. The minimum Gasteiger partial charge on any atom is -0.497 e. The SMILES string of the molecule is CC(C)NC1CCCC1.CC(C)Nc1ccccc1C(C)C.COc1ccc(N(Cc2ccccc2)C(C)C)cc1. The minimum atomic E-state index is 0.452. The number of anilines is 2. The maximum absolute atomic E-state index is 5.21. The van der Waals surface area contributed by atoms with Gasteiger partial charge >= 0.3 is 0 Å². The van der Waals surface area contributed by atoms with Gasteiger partial charge in [-0.05, 0) is 87.9 Å². The maximum Gasteiger partial charge on any atom is 0.119 e. The Morgan fingerprint density at radius 1 is 0.732 bits per heavy atom. The van der Waals surface area contributed by atoms with E-state index in [0.717, 1.165) is 18.3 Å². The van der Waals surface area contributed by atoms with Gasteiger partial charge in [-0.2, -0.15) is 0 Å². The molecule has 226 valence electrons. The molecule has 41 heavy (non-hydrogen) atoms. The van der Waals surface area contributed by atoms with Gasteiger partial charge in [-0.1, -0.05) is 89.1 Å². The van der Waals surface area contributed by atoms with E-state index >= 15 is 0 Å². The molecule has 0 aromatic heterocycles. The molecule has 4 nitrogen and oxygen atoms in total. The third-order valence-electron chi connectivity index (χ3n) is 7.17. The van der Waals surface area contributed by atoms with Crippen molar-refractivity contribution in [2.75, 3.05) is 17.3 Å². The maximum atomic E-state index is 5.21. The van der Waals surface area contributed by atoms with E-state index in [2.05, 4.69) is 138 Å². The summed E-state index contributed by atoms with van der Waals surface area (Å²) < 4.78 is 5.21. The lowest BCUT2D eigenvalue weighted by atomic mass is 10.0. The Balaban J connectivity index is 0.000000232. The third-order valence-corrected chi connectivity index (χ3v) is 7.17. The second-order valence-corrected chi connectivity index (χ2v) is 12.2. The largest absolute Gasteiger partial charge is 0.497 e. The van der Waals surface area contributed by atoms with E-state index in [4.69, 9.17) is 4.74 Å². The van der Waals surface area contributed by atoms with Gasteiger partial charge in [-0.25, -0.2) is 0 Å². The fourth-order valence-corrected chi connectivity index (χ4v) is 5.13. The van der Waals surface area contributed by atoms with E-state index in [-0.39, 0.29) is 0 Å². The van der Waals surface area contributed by atoms with Crippen molar-refractivity contribution in [1.29, 1.82) is 0 Å². The number of nitrogens with one attached hydrogen (secondary N) is 2. The van der Waals surface area contributed by atoms with Crippen molar-refractivity contribution in [2.45, 2.75) is 118 Å². The Labute approximate surface area is 251 Å². The van der Waals surface area contributed by atoms with Gasteiger partial charge in [-0.3, -0.25) is 0 Å². The number of para-hydroxylation sites is 1. The van der Waals surface area contributed by atoms with Crippen LogP contribution in [-0.4, -0.2) is 31.3 Å². The van der Waals surface area contributed by atoms with Gasteiger partial charge in [0, 0.05) is 42.1 Å². The summed E-state index contributed by atoms with van der Waals surface area (Å²) in [6.45, 7) is 18.6. The van der Waals surface area contributed by atoms with Gasteiger partial charge in [0.1, 0.15) is 5.75 Å². The molecule has 0 aliphatic heterocycles. The quantitative estimate of drug-likeness (QED) is 0.259. The lowest BCUT2D eigenvalue weighted by molar-refractivity contribution is 0.415. The van der Waals surface area contributed by atoms with Crippen LogP contribution in [0.3, 0.4) is 0 Å². The van der Waals surface area contributed by atoms with Crippen LogP contribution in [-0.2, 0) is 6.54 Å². The zero-order chi connectivity index (χ0) is 30.2. The predicted octanol–water partition coefficient (Wildman–Crippen LogP) is 9.67. The fourth-order valence-electron chi connectivity index (χ4n) is 5.13. The van der Waals surface area contributed by atoms with Gasteiger partial charge < -0.3 is 20.3 Å². The molecule has 1 aliphatic rings. The summed E-state index contributed by atoms with van der Waals surface area (Å²) >= 11 is 0. The van der Waals surface area contributed by atoms with Crippen molar-refractivity contribution in [2.24, 2.45) is 0 Å². The molecule has 0 spiro atoms. The molecule has 1 saturated carbocycles. The van der Waals surface area contributed by atoms with Crippen molar-refractivity contribution in [3.63, 3.8) is 0 Å². The molecule has 0 saturated heterocycles. The summed E-state index contributed by atoms with van der Waals surface area (Å²) in [6.07, 6.45) is 5.67. The van der Waals surface area contributed by atoms with Crippen molar-refractivity contribution in [1.82, 2.24) is 5.32 Å².